The first-order valence-electron chi connectivity index (χ1n) is 9.12. The number of methoxy groups -OCH3 is 2. The third-order valence-corrected chi connectivity index (χ3v) is 5.04. The van der Waals surface area contributed by atoms with Gasteiger partial charge >= 0.3 is 0 Å². The maximum Gasteiger partial charge on any atom is 0.254 e. The van der Waals surface area contributed by atoms with E-state index in [0.29, 0.717) is 28.6 Å². The van der Waals surface area contributed by atoms with Crippen molar-refractivity contribution < 1.29 is 19.0 Å². The summed E-state index contributed by atoms with van der Waals surface area (Å²) < 4.78 is 15.9. The molecule has 6 nitrogen and oxygen atoms in total. The second kappa shape index (κ2) is 9.17. The van der Waals surface area contributed by atoms with E-state index < -0.39 is 0 Å². The minimum absolute atomic E-state index is 0.139. The van der Waals surface area contributed by atoms with Crippen LogP contribution in [0.4, 0.5) is 5.69 Å². The molecule has 28 heavy (non-hydrogen) atoms. The van der Waals surface area contributed by atoms with Gasteiger partial charge in [0.15, 0.2) is 11.5 Å². The molecule has 0 aliphatic carbocycles. The normalized spacial score (nSPS) is 13.9. The molecule has 0 radical (unpaired) electrons. The Bertz CT molecular complexity index is 820. The number of nitrogens with zero attached hydrogens (tertiary/aromatic N) is 2. The van der Waals surface area contributed by atoms with Gasteiger partial charge in [-0.1, -0.05) is 23.7 Å². The van der Waals surface area contributed by atoms with Crippen molar-refractivity contribution in [2.45, 2.75) is 6.54 Å². The van der Waals surface area contributed by atoms with Crippen LogP contribution in [-0.2, 0) is 11.3 Å². The highest BCUT2D eigenvalue weighted by atomic mass is 35.5. The number of amides is 1. The molecule has 0 N–H and O–H groups in total. The zero-order valence-electron chi connectivity index (χ0n) is 16.4. The maximum atomic E-state index is 12.8. The van der Waals surface area contributed by atoms with E-state index in [1.807, 2.05) is 0 Å². The van der Waals surface area contributed by atoms with E-state index in [0.717, 1.165) is 31.9 Å². The molecule has 1 heterocycles. The number of morpholine rings is 1. The molecule has 0 atom stereocenters. The molecule has 2 aromatic rings. The molecular weight excluding hydrogens is 380 g/mol. The van der Waals surface area contributed by atoms with Gasteiger partial charge < -0.3 is 24.0 Å². The third-order valence-electron chi connectivity index (χ3n) is 4.76. The number of benzene rings is 2. The lowest BCUT2D eigenvalue weighted by Crippen LogP contribution is -2.36. The zero-order chi connectivity index (χ0) is 20.1. The topological polar surface area (TPSA) is 51.2 Å². The van der Waals surface area contributed by atoms with Crippen LogP contribution in [0.3, 0.4) is 0 Å². The predicted molar refractivity (Wildman–Crippen MR) is 110 cm³/mol. The highest BCUT2D eigenvalue weighted by molar-refractivity contribution is 6.32. The fourth-order valence-electron chi connectivity index (χ4n) is 3.24. The van der Waals surface area contributed by atoms with Crippen LogP contribution in [-0.4, -0.2) is 58.4 Å². The van der Waals surface area contributed by atoms with Crippen molar-refractivity contribution in [2.75, 3.05) is 52.5 Å². The summed E-state index contributed by atoms with van der Waals surface area (Å²) in [5.74, 6) is 0.712. The summed E-state index contributed by atoms with van der Waals surface area (Å²) in [6, 6.07) is 11.5. The van der Waals surface area contributed by atoms with Gasteiger partial charge in [0.05, 0.1) is 32.5 Å². The summed E-state index contributed by atoms with van der Waals surface area (Å²) in [5, 5.41) is 0.341. The van der Waals surface area contributed by atoms with Crippen LogP contribution in [0.25, 0.3) is 0 Å². The van der Waals surface area contributed by atoms with Crippen LogP contribution in [0.5, 0.6) is 11.5 Å². The van der Waals surface area contributed by atoms with Gasteiger partial charge in [0, 0.05) is 37.9 Å². The van der Waals surface area contributed by atoms with E-state index >= 15 is 0 Å². The minimum atomic E-state index is -0.139. The SMILES string of the molecule is COc1cc(C(=O)N(C)Cc2ccc(N3CCOCC3)cc2)cc(Cl)c1OC. The maximum absolute atomic E-state index is 12.8. The molecule has 0 aromatic heterocycles. The molecule has 1 aliphatic heterocycles. The van der Waals surface area contributed by atoms with Crippen molar-refractivity contribution in [1.29, 1.82) is 0 Å². The highest BCUT2D eigenvalue weighted by Gasteiger charge is 2.18. The molecule has 1 aliphatic rings. The van der Waals surface area contributed by atoms with E-state index in [1.165, 1.54) is 19.9 Å². The van der Waals surface area contributed by atoms with Crippen LogP contribution in [0.15, 0.2) is 36.4 Å². The second-order valence-electron chi connectivity index (χ2n) is 6.62. The Hall–Kier alpha value is -2.44. The summed E-state index contributed by atoms with van der Waals surface area (Å²) in [5.41, 5.74) is 2.68. The number of carbonyl (C=O) groups is 1. The summed E-state index contributed by atoms with van der Waals surface area (Å²) in [6.07, 6.45) is 0. The van der Waals surface area contributed by atoms with Gasteiger partial charge in [0.2, 0.25) is 0 Å². The predicted octanol–water partition coefficient (Wildman–Crippen LogP) is 3.47. The van der Waals surface area contributed by atoms with Gasteiger partial charge in [-0.3, -0.25) is 4.79 Å². The largest absolute Gasteiger partial charge is 0.493 e. The number of anilines is 1. The van der Waals surface area contributed by atoms with Crippen molar-refractivity contribution in [2.24, 2.45) is 0 Å². The average molecular weight is 405 g/mol. The van der Waals surface area contributed by atoms with Crippen molar-refractivity contribution in [1.82, 2.24) is 4.90 Å². The number of halogens is 1. The Kier molecular flexibility index (Phi) is 6.65. The van der Waals surface area contributed by atoms with Gasteiger partial charge in [-0.05, 0) is 29.8 Å². The second-order valence-corrected chi connectivity index (χ2v) is 7.03. The number of hydrogen-bond donors (Lipinski definition) is 0. The van der Waals surface area contributed by atoms with E-state index in [1.54, 1.807) is 24.1 Å². The van der Waals surface area contributed by atoms with Crippen molar-refractivity contribution in [3.63, 3.8) is 0 Å². The quantitative estimate of drug-likeness (QED) is 0.738. The molecule has 7 heteroatoms. The van der Waals surface area contributed by atoms with Crippen LogP contribution in [0.1, 0.15) is 15.9 Å². The smallest absolute Gasteiger partial charge is 0.254 e. The molecule has 0 unspecified atom stereocenters. The molecule has 3 rings (SSSR count). The molecule has 150 valence electrons. The van der Waals surface area contributed by atoms with Crippen LogP contribution in [0, 0.1) is 0 Å². The number of carbonyl (C=O) groups excluding carboxylic acids is 1. The number of rotatable bonds is 6. The van der Waals surface area contributed by atoms with Crippen molar-refractivity contribution >= 4 is 23.2 Å². The molecular formula is C21H25ClN2O4. The molecule has 0 spiro atoms. The molecule has 1 amide bonds. The number of ether oxygens (including phenoxy) is 3. The Morgan fingerprint density at radius 1 is 1.14 bits per heavy atom. The van der Waals surface area contributed by atoms with E-state index in [-0.39, 0.29) is 5.91 Å². The lowest BCUT2D eigenvalue weighted by atomic mass is 10.1. The third kappa shape index (κ3) is 4.51. The van der Waals surface area contributed by atoms with Gasteiger partial charge in [-0.15, -0.1) is 0 Å². The molecule has 0 bridgehead atoms. The van der Waals surface area contributed by atoms with Crippen LogP contribution in [0.2, 0.25) is 5.02 Å². The minimum Gasteiger partial charge on any atom is -0.493 e. The van der Waals surface area contributed by atoms with Crippen LogP contribution >= 0.6 is 11.6 Å². The van der Waals surface area contributed by atoms with Crippen molar-refractivity contribution in [3.05, 3.63) is 52.5 Å². The summed E-state index contributed by atoms with van der Waals surface area (Å²) in [6.45, 7) is 3.81. The monoisotopic (exact) mass is 404 g/mol. The van der Waals surface area contributed by atoms with E-state index in [2.05, 4.69) is 29.2 Å². The first-order valence-corrected chi connectivity index (χ1v) is 9.50. The Labute approximate surface area is 170 Å². The first-order chi connectivity index (χ1) is 13.5. The van der Waals surface area contributed by atoms with Gasteiger partial charge in [0.25, 0.3) is 5.91 Å². The number of hydrogen-bond acceptors (Lipinski definition) is 5. The molecule has 1 saturated heterocycles. The first kappa shape index (κ1) is 20.3. The average Bonchev–Trinajstić information content (AvgIpc) is 2.73. The summed E-state index contributed by atoms with van der Waals surface area (Å²) >= 11 is 6.22. The van der Waals surface area contributed by atoms with Crippen molar-refractivity contribution in [3.8, 4) is 11.5 Å². The summed E-state index contributed by atoms with van der Waals surface area (Å²) in [7, 11) is 4.79. The standard InChI is InChI=1S/C21H25ClN2O4/c1-23(21(25)16-12-18(22)20(27-3)19(13-16)26-2)14-15-4-6-17(7-5-15)24-8-10-28-11-9-24/h4-7,12-13H,8-11,14H2,1-3H3. The Morgan fingerprint density at radius 2 is 1.82 bits per heavy atom. The fourth-order valence-corrected chi connectivity index (χ4v) is 3.53. The van der Waals surface area contributed by atoms with Gasteiger partial charge in [0.1, 0.15) is 0 Å². The molecule has 0 saturated carbocycles. The summed E-state index contributed by atoms with van der Waals surface area (Å²) in [4.78, 5) is 16.8. The van der Waals surface area contributed by atoms with Gasteiger partial charge in [-0.2, -0.15) is 0 Å². The molecule has 1 fully saturated rings. The van der Waals surface area contributed by atoms with Gasteiger partial charge in [-0.25, -0.2) is 0 Å². The zero-order valence-corrected chi connectivity index (χ0v) is 17.2. The Balaban J connectivity index is 1.69. The lowest BCUT2D eigenvalue weighted by Gasteiger charge is -2.29. The Morgan fingerprint density at radius 3 is 2.43 bits per heavy atom. The van der Waals surface area contributed by atoms with Crippen LogP contribution < -0.4 is 14.4 Å². The fraction of sp³-hybridized carbons (Fsp3) is 0.381. The van der Waals surface area contributed by atoms with E-state index in [4.69, 9.17) is 25.8 Å². The molecule has 2 aromatic carbocycles. The van der Waals surface area contributed by atoms with E-state index in [9.17, 15) is 4.79 Å². The lowest BCUT2D eigenvalue weighted by molar-refractivity contribution is 0.0784. The highest BCUT2D eigenvalue weighted by Crippen LogP contribution is 2.36.